The van der Waals surface area contributed by atoms with E-state index in [4.69, 9.17) is 11.6 Å². The van der Waals surface area contributed by atoms with E-state index in [1.807, 2.05) is 30.3 Å². The van der Waals surface area contributed by atoms with Gasteiger partial charge in [-0.2, -0.15) is 0 Å². The molecule has 13 heavy (non-hydrogen) atoms. The Morgan fingerprint density at radius 3 is 2.62 bits per heavy atom. The predicted octanol–water partition coefficient (Wildman–Crippen LogP) is 5.02. The highest BCUT2D eigenvalue weighted by Gasteiger charge is 2.03. The summed E-state index contributed by atoms with van der Waals surface area (Å²) in [6.45, 7) is 0. The van der Waals surface area contributed by atoms with Gasteiger partial charge in [-0.3, -0.25) is 0 Å². The maximum absolute atomic E-state index is 6.07. The van der Waals surface area contributed by atoms with Gasteiger partial charge in [0.15, 0.2) is 0 Å². The van der Waals surface area contributed by atoms with Crippen LogP contribution in [0.25, 0.3) is 10.8 Å². The molecule has 0 N–H and O–H groups in total. The van der Waals surface area contributed by atoms with E-state index in [1.165, 1.54) is 0 Å². The van der Waals surface area contributed by atoms with E-state index >= 15 is 0 Å². The average Bonchev–Trinajstić information content (AvgIpc) is 2.02. The van der Waals surface area contributed by atoms with Crippen LogP contribution in [0.4, 0.5) is 0 Å². The summed E-state index contributed by atoms with van der Waals surface area (Å²) in [4.78, 5) is 0. The second kappa shape index (κ2) is 3.60. The number of hydrogen-bond donors (Lipinski definition) is 0. The van der Waals surface area contributed by atoms with Gasteiger partial charge in [-0.05, 0) is 23.6 Å². The first kappa shape index (κ1) is 9.50. The number of benzene rings is 2. The lowest BCUT2D eigenvalue weighted by molar-refractivity contribution is 1.66. The Kier molecular flexibility index (Phi) is 2.63. The van der Waals surface area contributed by atoms with Crippen LogP contribution < -0.4 is 0 Å². The second-order valence-electron chi connectivity index (χ2n) is 2.73. The largest absolute Gasteiger partial charge is 0.0836 e. The Morgan fingerprint density at radius 2 is 1.85 bits per heavy atom. The molecule has 0 radical (unpaired) electrons. The lowest BCUT2D eigenvalue weighted by atomic mass is 10.1. The van der Waals surface area contributed by atoms with Gasteiger partial charge in [-0.25, -0.2) is 0 Å². The van der Waals surface area contributed by atoms with Gasteiger partial charge in [0.1, 0.15) is 0 Å². The molecule has 3 heteroatoms. The summed E-state index contributed by atoms with van der Waals surface area (Å²) >= 11 is 13.0. The quantitative estimate of drug-likeness (QED) is 0.639. The van der Waals surface area contributed by atoms with Crippen LogP contribution in [0, 0.1) is 0 Å². The molecule has 0 saturated heterocycles. The number of fused-ring (bicyclic) bond motifs is 1. The molecule has 0 fully saturated rings. The van der Waals surface area contributed by atoms with Crippen molar-refractivity contribution in [3.05, 3.63) is 44.3 Å². The molecule has 0 aliphatic carbocycles. The van der Waals surface area contributed by atoms with Gasteiger partial charge in [0.05, 0.1) is 0 Å². The molecule has 0 amide bonds. The molecule has 0 aliphatic rings. The van der Waals surface area contributed by atoms with Crippen molar-refractivity contribution in [3.8, 4) is 0 Å². The molecule has 0 unspecified atom stereocenters. The summed E-state index contributed by atoms with van der Waals surface area (Å²) in [5, 5.41) is 2.97. The van der Waals surface area contributed by atoms with Gasteiger partial charge >= 0.3 is 0 Å². The van der Waals surface area contributed by atoms with Gasteiger partial charge < -0.3 is 0 Å². The van der Waals surface area contributed by atoms with Crippen LogP contribution in [-0.2, 0) is 0 Å². The van der Waals surface area contributed by atoms with E-state index in [-0.39, 0.29) is 0 Å². The normalized spacial score (nSPS) is 10.7. The van der Waals surface area contributed by atoms with Gasteiger partial charge in [0.2, 0.25) is 0 Å². The fourth-order valence-electron chi connectivity index (χ4n) is 1.30. The monoisotopic (exact) mass is 318 g/mol. The minimum atomic E-state index is 0.775. The van der Waals surface area contributed by atoms with E-state index in [0.717, 1.165) is 24.7 Å². The first-order valence-corrected chi connectivity index (χ1v) is 5.68. The Bertz CT molecular complexity index is 466. The Balaban J connectivity index is 2.94. The molecule has 0 saturated carbocycles. The highest BCUT2D eigenvalue weighted by molar-refractivity contribution is 9.11. The first-order valence-electron chi connectivity index (χ1n) is 3.72. The molecule has 0 atom stereocenters. The average molecular weight is 320 g/mol. The first-order chi connectivity index (χ1) is 6.18. The van der Waals surface area contributed by atoms with Gasteiger partial charge in [0.25, 0.3) is 0 Å². The fourth-order valence-corrected chi connectivity index (χ4v) is 3.17. The number of halogens is 3. The maximum Gasteiger partial charge on any atom is 0.0495 e. The van der Waals surface area contributed by atoms with Crippen LogP contribution >= 0.6 is 43.5 Å². The molecule has 0 aliphatic heterocycles. The molecular formula is C10H5Br2Cl. The summed E-state index contributed by atoms with van der Waals surface area (Å²) in [6.07, 6.45) is 0. The summed E-state index contributed by atoms with van der Waals surface area (Å²) in [6, 6.07) is 9.92. The van der Waals surface area contributed by atoms with Crippen molar-refractivity contribution in [2.24, 2.45) is 0 Å². The van der Waals surface area contributed by atoms with E-state index in [1.54, 1.807) is 0 Å². The summed E-state index contributed by atoms with van der Waals surface area (Å²) < 4.78 is 2.07. The zero-order chi connectivity index (χ0) is 9.42. The van der Waals surface area contributed by atoms with Crippen molar-refractivity contribution in [1.82, 2.24) is 0 Å². The van der Waals surface area contributed by atoms with Crippen LogP contribution in [0.15, 0.2) is 39.3 Å². The SMILES string of the molecule is Clc1cccc2cc(Br)cc(Br)c12. The van der Waals surface area contributed by atoms with E-state index < -0.39 is 0 Å². The summed E-state index contributed by atoms with van der Waals surface area (Å²) in [7, 11) is 0. The van der Waals surface area contributed by atoms with Crippen LogP contribution in [0.3, 0.4) is 0 Å². The third-order valence-electron chi connectivity index (χ3n) is 1.84. The molecule has 0 aromatic heterocycles. The molecular weight excluding hydrogens is 315 g/mol. The lowest BCUT2D eigenvalue weighted by Gasteiger charge is -2.03. The molecule has 2 aromatic rings. The summed E-state index contributed by atoms with van der Waals surface area (Å²) in [5.74, 6) is 0. The number of hydrogen-bond acceptors (Lipinski definition) is 0. The minimum Gasteiger partial charge on any atom is -0.0836 e. The van der Waals surface area contributed by atoms with Gasteiger partial charge in [-0.1, -0.05) is 55.6 Å². The van der Waals surface area contributed by atoms with Crippen LogP contribution in [-0.4, -0.2) is 0 Å². The number of rotatable bonds is 0. The van der Waals surface area contributed by atoms with Crippen molar-refractivity contribution in [1.29, 1.82) is 0 Å². The second-order valence-corrected chi connectivity index (χ2v) is 4.90. The highest BCUT2D eigenvalue weighted by Crippen LogP contribution is 2.33. The molecule has 66 valence electrons. The Morgan fingerprint density at radius 1 is 1.08 bits per heavy atom. The van der Waals surface area contributed by atoms with E-state index in [0.29, 0.717) is 0 Å². The minimum absolute atomic E-state index is 0.775. The van der Waals surface area contributed by atoms with Crippen molar-refractivity contribution in [2.45, 2.75) is 0 Å². The zero-order valence-electron chi connectivity index (χ0n) is 6.52. The molecule has 2 rings (SSSR count). The Labute approximate surface area is 98.2 Å². The fraction of sp³-hybridized carbons (Fsp3) is 0. The zero-order valence-corrected chi connectivity index (χ0v) is 10.4. The Hall–Kier alpha value is -0.0500. The van der Waals surface area contributed by atoms with Crippen molar-refractivity contribution in [2.75, 3.05) is 0 Å². The summed E-state index contributed by atoms with van der Waals surface area (Å²) in [5.41, 5.74) is 0. The van der Waals surface area contributed by atoms with Crippen molar-refractivity contribution in [3.63, 3.8) is 0 Å². The third-order valence-corrected chi connectivity index (χ3v) is 3.24. The smallest absolute Gasteiger partial charge is 0.0495 e. The van der Waals surface area contributed by atoms with E-state index in [2.05, 4.69) is 31.9 Å². The van der Waals surface area contributed by atoms with Gasteiger partial charge in [0, 0.05) is 19.4 Å². The molecule has 2 aromatic carbocycles. The molecule has 0 nitrogen and oxygen atoms in total. The topological polar surface area (TPSA) is 0 Å². The highest BCUT2D eigenvalue weighted by atomic mass is 79.9. The van der Waals surface area contributed by atoms with Crippen LogP contribution in [0.1, 0.15) is 0 Å². The third kappa shape index (κ3) is 1.76. The van der Waals surface area contributed by atoms with Crippen molar-refractivity contribution >= 4 is 54.2 Å². The van der Waals surface area contributed by atoms with Crippen LogP contribution in [0.2, 0.25) is 5.02 Å². The predicted molar refractivity (Wildman–Crippen MR) is 64.4 cm³/mol. The molecule has 0 heterocycles. The molecule has 0 bridgehead atoms. The van der Waals surface area contributed by atoms with Crippen molar-refractivity contribution < 1.29 is 0 Å². The lowest BCUT2D eigenvalue weighted by Crippen LogP contribution is -1.76. The maximum atomic E-state index is 6.07. The van der Waals surface area contributed by atoms with Gasteiger partial charge in [-0.15, -0.1) is 0 Å². The van der Waals surface area contributed by atoms with Crippen LogP contribution in [0.5, 0.6) is 0 Å². The van der Waals surface area contributed by atoms with E-state index in [9.17, 15) is 0 Å². The molecule has 0 spiro atoms. The standard InChI is InChI=1S/C10H5Br2Cl/c11-7-4-6-2-1-3-9(13)10(6)8(12)5-7/h1-5H.